The highest BCUT2D eigenvalue weighted by Gasteiger charge is 2.16. The molecule has 0 saturated heterocycles. The van der Waals surface area contributed by atoms with E-state index in [1.165, 1.54) is 6.20 Å². The fourth-order valence-corrected chi connectivity index (χ4v) is 2.50. The van der Waals surface area contributed by atoms with Crippen LogP contribution in [0.4, 0.5) is 0 Å². The summed E-state index contributed by atoms with van der Waals surface area (Å²) in [6.07, 6.45) is 3.50. The van der Waals surface area contributed by atoms with E-state index in [9.17, 15) is 8.42 Å². The predicted molar refractivity (Wildman–Crippen MR) is 68.6 cm³/mol. The van der Waals surface area contributed by atoms with Crippen LogP contribution < -0.4 is 4.72 Å². The van der Waals surface area contributed by atoms with Gasteiger partial charge >= 0.3 is 0 Å². The Labute approximate surface area is 108 Å². The molecule has 1 heterocycles. The van der Waals surface area contributed by atoms with Gasteiger partial charge in [-0.2, -0.15) is 0 Å². The van der Waals surface area contributed by atoms with Crippen LogP contribution >= 0.6 is 0 Å². The van der Waals surface area contributed by atoms with Gasteiger partial charge in [-0.25, -0.2) is 18.1 Å². The van der Waals surface area contributed by atoms with Crippen LogP contribution in [0.5, 0.6) is 0 Å². The maximum absolute atomic E-state index is 11.8. The lowest BCUT2D eigenvalue weighted by molar-refractivity contribution is 0.228. The standard InChI is InChI=1S/C11H21N3O3S/c1-3-10-12-7-11(14-10)18(16,17)13-6-4-5-9(2)8-15/h7,9,13,15H,3-6,8H2,1-2H3,(H,12,14). The summed E-state index contributed by atoms with van der Waals surface area (Å²) in [7, 11) is -3.48. The van der Waals surface area contributed by atoms with E-state index in [0.29, 0.717) is 25.2 Å². The van der Waals surface area contributed by atoms with Gasteiger partial charge in [0.2, 0.25) is 0 Å². The summed E-state index contributed by atoms with van der Waals surface area (Å²) < 4.78 is 26.2. The van der Waals surface area contributed by atoms with Crippen molar-refractivity contribution in [2.45, 2.75) is 38.1 Å². The highest BCUT2D eigenvalue weighted by molar-refractivity contribution is 7.89. The van der Waals surface area contributed by atoms with Crippen molar-refractivity contribution in [1.82, 2.24) is 14.7 Å². The lowest BCUT2D eigenvalue weighted by Gasteiger charge is -2.08. The average Bonchev–Trinajstić information content (AvgIpc) is 2.83. The summed E-state index contributed by atoms with van der Waals surface area (Å²) in [5.74, 6) is 0.859. The number of H-pyrrole nitrogens is 1. The van der Waals surface area contributed by atoms with E-state index in [2.05, 4.69) is 14.7 Å². The van der Waals surface area contributed by atoms with Gasteiger partial charge in [0.1, 0.15) is 5.82 Å². The van der Waals surface area contributed by atoms with Crippen LogP contribution in [-0.4, -0.2) is 36.6 Å². The molecule has 0 bridgehead atoms. The lowest BCUT2D eigenvalue weighted by Crippen LogP contribution is -2.25. The number of aliphatic hydroxyl groups is 1. The first-order valence-electron chi connectivity index (χ1n) is 6.14. The molecule has 0 saturated carbocycles. The largest absolute Gasteiger partial charge is 0.396 e. The Hall–Kier alpha value is -0.920. The minimum atomic E-state index is -3.48. The van der Waals surface area contributed by atoms with E-state index in [4.69, 9.17) is 5.11 Å². The molecule has 3 N–H and O–H groups in total. The van der Waals surface area contributed by atoms with E-state index < -0.39 is 10.0 Å². The minimum absolute atomic E-state index is 0.106. The number of aliphatic hydroxyl groups excluding tert-OH is 1. The summed E-state index contributed by atoms with van der Waals surface area (Å²) in [6, 6.07) is 0. The van der Waals surface area contributed by atoms with Crippen LogP contribution in [0.25, 0.3) is 0 Å². The molecule has 0 spiro atoms. The van der Waals surface area contributed by atoms with Crippen molar-refractivity contribution in [1.29, 1.82) is 0 Å². The maximum Gasteiger partial charge on any atom is 0.257 e. The van der Waals surface area contributed by atoms with Gasteiger partial charge in [-0.3, -0.25) is 0 Å². The Morgan fingerprint density at radius 1 is 1.56 bits per heavy atom. The summed E-state index contributed by atoms with van der Waals surface area (Å²) in [5, 5.41) is 8.96. The first-order valence-corrected chi connectivity index (χ1v) is 7.62. The Kier molecular flexibility index (Phi) is 5.77. The molecule has 104 valence electrons. The normalized spacial score (nSPS) is 13.7. The van der Waals surface area contributed by atoms with Crippen LogP contribution in [-0.2, 0) is 16.4 Å². The molecule has 18 heavy (non-hydrogen) atoms. The van der Waals surface area contributed by atoms with Gasteiger partial charge in [0.05, 0.1) is 6.20 Å². The van der Waals surface area contributed by atoms with Crippen LogP contribution in [0.15, 0.2) is 11.2 Å². The molecule has 0 aromatic carbocycles. The monoisotopic (exact) mass is 275 g/mol. The molecule has 0 aliphatic carbocycles. The van der Waals surface area contributed by atoms with E-state index >= 15 is 0 Å². The summed E-state index contributed by atoms with van der Waals surface area (Å²) in [6.45, 7) is 4.33. The summed E-state index contributed by atoms with van der Waals surface area (Å²) in [4.78, 5) is 6.73. The van der Waals surface area contributed by atoms with Crippen molar-refractivity contribution in [3.05, 3.63) is 12.0 Å². The van der Waals surface area contributed by atoms with Gasteiger partial charge in [-0.1, -0.05) is 13.8 Å². The second-order valence-corrected chi connectivity index (χ2v) is 6.11. The first kappa shape index (κ1) is 15.1. The molecule has 0 aliphatic heterocycles. The zero-order chi connectivity index (χ0) is 13.6. The molecular weight excluding hydrogens is 254 g/mol. The van der Waals surface area contributed by atoms with Crippen molar-refractivity contribution in [2.24, 2.45) is 5.92 Å². The Balaban J connectivity index is 2.45. The summed E-state index contributed by atoms with van der Waals surface area (Å²) >= 11 is 0. The Bertz CT molecular complexity index is 456. The lowest BCUT2D eigenvalue weighted by atomic mass is 10.1. The fourth-order valence-electron chi connectivity index (χ4n) is 1.49. The quantitative estimate of drug-likeness (QED) is 0.607. The van der Waals surface area contributed by atoms with Crippen LogP contribution in [0, 0.1) is 5.92 Å². The van der Waals surface area contributed by atoms with E-state index in [0.717, 1.165) is 6.42 Å². The number of hydrogen-bond acceptors (Lipinski definition) is 4. The predicted octanol–water partition coefficient (Wildman–Crippen LogP) is 0.659. The molecule has 1 rings (SSSR count). The molecule has 0 fully saturated rings. The molecule has 1 aromatic rings. The summed E-state index contributed by atoms with van der Waals surface area (Å²) in [5.41, 5.74) is 0. The molecule has 7 heteroatoms. The van der Waals surface area contributed by atoms with E-state index in [1.54, 1.807) is 0 Å². The van der Waals surface area contributed by atoms with Gasteiger partial charge < -0.3 is 10.1 Å². The number of nitrogens with one attached hydrogen (secondary N) is 2. The third kappa shape index (κ3) is 4.40. The SMILES string of the molecule is CCc1ncc(S(=O)(=O)NCCCC(C)CO)[nH]1. The Morgan fingerprint density at radius 3 is 2.83 bits per heavy atom. The minimum Gasteiger partial charge on any atom is -0.396 e. The number of aryl methyl sites for hydroxylation is 1. The van der Waals surface area contributed by atoms with Gasteiger partial charge in [0.25, 0.3) is 10.0 Å². The van der Waals surface area contributed by atoms with Gasteiger partial charge in [-0.15, -0.1) is 0 Å². The highest BCUT2D eigenvalue weighted by Crippen LogP contribution is 2.07. The van der Waals surface area contributed by atoms with Crippen LogP contribution in [0.1, 0.15) is 32.5 Å². The zero-order valence-electron chi connectivity index (χ0n) is 10.8. The molecule has 1 aromatic heterocycles. The van der Waals surface area contributed by atoms with Gasteiger partial charge in [-0.05, 0) is 18.8 Å². The third-order valence-corrected chi connectivity index (χ3v) is 4.08. The van der Waals surface area contributed by atoms with Crippen molar-refractivity contribution in [3.63, 3.8) is 0 Å². The number of imidazole rings is 1. The number of aromatic amines is 1. The van der Waals surface area contributed by atoms with Crippen LogP contribution in [0.2, 0.25) is 0 Å². The molecule has 6 nitrogen and oxygen atoms in total. The third-order valence-electron chi connectivity index (χ3n) is 2.71. The van der Waals surface area contributed by atoms with Crippen molar-refractivity contribution in [2.75, 3.05) is 13.2 Å². The topological polar surface area (TPSA) is 95.1 Å². The molecule has 0 radical (unpaired) electrons. The van der Waals surface area contributed by atoms with E-state index in [-0.39, 0.29) is 17.6 Å². The molecular formula is C11H21N3O3S. The zero-order valence-corrected chi connectivity index (χ0v) is 11.6. The number of nitrogens with zero attached hydrogens (tertiary/aromatic N) is 1. The highest BCUT2D eigenvalue weighted by atomic mass is 32.2. The van der Waals surface area contributed by atoms with Gasteiger partial charge in [0, 0.05) is 19.6 Å². The number of hydrogen-bond donors (Lipinski definition) is 3. The van der Waals surface area contributed by atoms with Crippen molar-refractivity contribution in [3.8, 4) is 0 Å². The number of aromatic nitrogens is 2. The fraction of sp³-hybridized carbons (Fsp3) is 0.727. The van der Waals surface area contributed by atoms with Gasteiger partial charge in [0.15, 0.2) is 5.03 Å². The second kappa shape index (κ2) is 6.86. The van der Waals surface area contributed by atoms with Crippen molar-refractivity contribution >= 4 is 10.0 Å². The Morgan fingerprint density at radius 2 is 2.28 bits per heavy atom. The molecule has 0 aliphatic rings. The number of rotatable bonds is 8. The molecule has 0 amide bonds. The van der Waals surface area contributed by atoms with Crippen molar-refractivity contribution < 1.29 is 13.5 Å². The molecule has 1 unspecified atom stereocenters. The number of sulfonamides is 1. The van der Waals surface area contributed by atoms with E-state index in [1.807, 2.05) is 13.8 Å². The maximum atomic E-state index is 11.8. The van der Waals surface area contributed by atoms with Crippen LogP contribution in [0.3, 0.4) is 0 Å². The first-order chi connectivity index (χ1) is 8.49. The smallest absolute Gasteiger partial charge is 0.257 e. The average molecular weight is 275 g/mol. The second-order valence-electron chi connectivity index (χ2n) is 4.38. The molecule has 1 atom stereocenters.